The molecule has 1 amide bonds. The van der Waals surface area contributed by atoms with Crippen molar-refractivity contribution in [1.82, 2.24) is 5.32 Å². The fourth-order valence-electron chi connectivity index (χ4n) is 1.61. The number of carbonyl (C=O) groups excluding carboxylic acids is 1. The van der Waals surface area contributed by atoms with Crippen LogP contribution in [-0.4, -0.2) is 42.5 Å². The van der Waals surface area contributed by atoms with Gasteiger partial charge in [-0.05, 0) is 25.0 Å². The monoisotopic (exact) mass is 251 g/mol. The Hall–Kier alpha value is 0.0700. The molecule has 1 aliphatic heterocycles. The molecule has 2 atom stereocenters. The summed E-state index contributed by atoms with van der Waals surface area (Å²) in [5.74, 6) is 1.79. The van der Waals surface area contributed by atoms with Crippen LogP contribution in [-0.2, 0) is 9.53 Å². The molecule has 0 aromatic heterocycles. The molecule has 0 bridgehead atoms. The molecule has 0 aliphatic carbocycles. The van der Waals surface area contributed by atoms with Crippen LogP contribution >= 0.6 is 23.4 Å². The Morgan fingerprint density at radius 3 is 3.07 bits per heavy atom. The molecule has 1 N–H and O–H groups in total. The Morgan fingerprint density at radius 1 is 1.73 bits per heavy atom. The van der Waals surface area contributed by atoms with E-state index in [9.17, 15) is 4.79 Å². The predicted molar refractivity (Wildman–Crippen MR) is 64.6 cm³/mol. The number of amides is 1. The third-order valence-electron chi connectivity index (χ3n) is 2.39. The van der Waals surface area contributed by atoms with Crippen LogP contribution in [0.15, 0.2) is 0 Å². The second-order valence-corrected chi connectivity index (χ2v) is 5.33. The molecule has 3 nitrogen and oxygen atoms in total. The first-order valence-corrected chi connectivity index (χ1v) is 6.83. The van der Waals surface area contributed by atoms with Crippen LogP contribution in [0.2, 0.25) is 0 Å². The summed E-state index contributed by atoms with van der Waals surface area (Å²) in [5, 5.41) is 3.13. The molecule has 0 spiro atoms. The Morgan fingerprint density at radius 2 is 2.53 bits per heavy atom. The van der Waals surface area contributed by atoms with Crippen molar-refractivity contribution in [3.8, 4) is 0 Å². The van der Waals surface area contributed by atoms with Crippen LogP contribution in [0.3, 0.4) is 0 Å². The normalized spacial score (nSPS) is 22.7. The lowest BCUT2D eigenvalue weighted by Gasteiger charge is -2.18. The lowest BCUT2D eigenvalue weighted by Crippen LogP contribution is -2.42. The molecule has 0 saturated carbocycles. The van der Waals surface area contributed by atoms with Crippen molar-refractivity contribution >= 4 is 29.3 Å². The highest BCUT2D eigenvalue weighted by molar-refractivity contribution is 8.00. The summed E-state index contributed by atoms with van der Waals surface area (Å²) in [6.45, 7) is 0.538. The molecule has 0 radical (unpaired) electrons. The van der Waals surface area contributed by atoms with Crippen LogP contribution in [0.1, 0.15) is 19.3 Å². The smallest absolute Gasteiger partial charge is 0.233 e. The highest BCUT2D eigenvalue weighted by Gasteiger charge is 2.24. The van der Waals surface area contributed by atoms with E-state index in [2.05, 4.69) is 5.32 Å². The van der Waals surface area contributed by atoms with Crippen LogP contribution in [0.4, 0.5) is 0 Å². The van der Waals surface area contributed by atoms with Crippen LogP contribution in [0, 0.1) is 0 Å². The Balaban J connectivity index is 2.31. The first-order valence-electron chi connectivity index (χ1n) is 5.24. The molecule has 15 heavy (non-hydrogen) atoms. The van der Waals surface area contributed by atoms with Gasteiger partial charge in [0.15, 0.2) is 0 Å². The summed E-state index contributed by atoms with van der Waals surface area (Å²) in [6, 6.07) is 0.0567. The standard InChI is InChI=1S/C10H18ClNO2S/c1-14-7-8(4-5-11)12-10(13)9-3-2-6-15-9/h8-9H,2-7H2,1H3,(H,12,13). The molecule has 1 fully saturated rings. The summed E-state index contributed by atoms with van der Waals surface area (Å²) in [7, 11) is 1.64. The molecule has 0 aromatic rings. The number of rotatable bonds is 6. The van der Waals surface area contributed by atoms with E-state index >= 15 is 0 Å². The molecule has 88 valence electrons. The number of ether oxygens (including phenoxy) is 1. The van der Waals surface area contributed by atoms with Gasteiger partial charge in [-0.2, -0.15) is 0 Å². The maximum absolute atomic E-state index is 11.8. The van der Waals surface area contributed by atoms with Crippen molar-refractivity contribution in [2.24, 2.45) is 0 Å². The second-order valence-electron chi connectivity index (χ2n) is 3.64. The van der Waals surface area contributed by atoms with E-state index in [-0.39, 0.29) is 17.2 Å². The molecule has 1 saturated heterocycles. The maximum Gasteiger partial charge on any atom is 0.233 e. The van der Waals surface area contributed by atoms with Gasteiger partial charge in [0.1, 0.15) is 0 Å². The Bertz CT molecular complexity index is 192. The third kappa shape index (κ3) is 4.62. The van der Waals surface area contributed by atoms with E-state index < -0.39 is 0 Å². The lowest BCUT2D eigenvalue weighted by atomic mass is 10.2. The summed E-state index contributed by atoms with van der Waals surface area (Å²) < 4.78 is 5.04. The van der Waals surface area contributed by atoms with E-state index in [4.69, 9.17) is 16.3 Å². The summed E-state index contributed by atoms with van der Waals surface area (Å²) in [4.78, 5) is 11.8. The molecule has 1 rings (SSSR count). The summed E-state index contributed by atoms with van der Waals surface area (Å²) in [5.41, 5.74) is 0. The van der Waals surface area contributed by atoms with Crippen molar-refractivity contribution in [3.05, 3.63) is 0 Å². The van der Waals surface area contributed by atoms with Crippen molar-refractivity contribution in [3.63, 3.8) is 0 Å². The molecule has 0 aromatic carbocycles. The minimum absolute atomic E-state index is 0.0567. The molecular weight excluding hydrogens is 234 g/mol. The molecule has 5 heteroatoms. The Kier molecular flexibility index (Phi) is 6.45. The van der Waals surface area contributed by atoms with Gasteiger partial charge in [-0.25, -0.2) is 0 Å². The number of carbonyl (C=O) groups is 1. The fraction of sp³-hybridized carbons (Fsp3) is 0.900. The molecule has 2 unspecified atom stereocenters. The molecular formula is C10H18ClNO2S. The van der Waals surface area contributed by atoms with Crippen molar-refractivity contribution in [2.45, 2.75) is 30.6 Å². The van der Waals surface area contributed by atoms with Crippen LogP contribution in [0.5, 0.6) is 0 Å². The largest absolute Gasteiger partial charge is 0.383 e. The second kappa shape index (κ2) is 7.36. The van der Waals surface area contributed by atoms with Crippen molar-refractivity contribution < 1.29 is 9.53 Å². The highest BCUT2D eigenvalue weighted by Crippen LogP contribution is 2.26. The number of hydrogen-bond acceptors (Lipinski definition) is 3. The summed E-state index contributed by atoms with van der Waals surface area (Å²) in [6.07, 6.45) is 2.91. The number of nitrogens with one attached hydrogen (secondary N) is 1. The highest BCUT2D eigenvalue weighted by atomic mass is 35.5. The van der Waals surface area contributed by atoms with E-state index in [0.717, 1.165) is 25.0 Å². The average molecular weight is 252 g/mol. The van der Waals surface area contributed by atoms with Gasteiger partial charge in [-0.1, -0.05) is 0 Å². The number of thioether (sulfide) groups is 1. The first-order chi connectivity index (χ1) is 7.27. The number of methoxy groups -OCH3 is 1. The number of alkyl halides is 1. The van der Waals surface area contributed by atoms with E-state index in [0.29, 0.717) is 12.5 Å². The summed E-state index contributed by atoms with van der Waals surface area (Å²) >= 11 is 7.41. The van der Waals surface area contributed by atoms with E-state index in [1.165, 1.54) is 0 Å². The number of hydrogen-bond donors (Lipinski definition) is 1. The van der Waals surface area contributed by atoms with Gasteiger partial charge in [-0.3, -0.25) is 4.79 Å². The van der Waals surface area contributed by atoms with E-state index in [1.54, 1.807) is 18.9 Å². The van der Waals surface area contributed by atoms with Crippen LogP contribution < -0.4 is 5.32 Å². The van der Waals surface area contributed by atoms with Gasteiger partial charge in [0.25, 0.3) is 0 Å². The number of halogens is 1. The van der Waals surface area contributed by atoms with Gasteiger partial charge >= 0.3 is 0 Å². The minimum Gasteiger partial charge on any atom is -0.383 e. The SMILES string of the molecule is COCC(CCCl)NC(=O)C1CCCS1. The predicted octanol–water partition coefficient (Wildman–Crippen LogP) is 1.64. The zero-order valence-corrected chi connectivity index (χ0v) is 10.6. The molecule has 1 heterocycles. The van der Waals surface area contributed by atoms with Gasteiger partial charge < -0.3 is 10.1 Å². The minimum atomic E-state index is 0.0567. The van der Waals surface area contributed by atoms with Gasteiger partial charge in [0.05, 0.1) is 17.9 Å². The zero-order chi connectivity index (χ0) is 11.1. The lowest BCUT2D eigenvalue weighted by molar-refractivity contribution is -0.121. The Labute approximate surface area is 100 Å². The zero-order valence-electron chi connectivity index (χ0n) is 9.00. The maximum atomic E-state index is 11.8. The quantitative estimate of drug-likeness (QED) is 0.730. The van der Waals surface area contributed by atoms with E-state index in [1.807, 2.05) is 0 Å². The van der Waals surface area contributed by atoms with Gasteiger partial charge in [-0.15, -0.1) is 23.4 Å². The fourth-order valence-corrected chi connectivity index (χ4v) is 3.04. The van der Waals surface area contributed by atoms with Crippen molar-refractivity contribution in [1.29, 1.82) is 0 Å². The topological polar surface area (TPSA) is 38.3 Å². The van der Waals surface area contributed by atoms with Crippen LogP contribution in [0.25, 0.3) is 0 Å². The van der Waals surface area contributed by atoms with Gasteiger partial charge in [0, 0.05) is 13.0 Å². The third-order valence-corrected chi connectivity index (χ3v) is 3.99. The van der Waals surface area contributed by atoms with Crippen molar-refractivity contribution in [2.75, 3.05) is 25.3 Å². The first kappa shape index (κ1) is 13.1. The molecule has 1 aliphatic rings. The average Bonchev–Trinajstić information content (AvgIpc) is 2.71. The van der Waals surface area contributed by atoms with Gasteiger partial charge in [0.2, 0.25) is 5.91 Å².